The summed E-state index contributed by atoms with van der Waals surface area (Å²) in [5.74, 6) is -0.620. The van der Waals surface area contributed by atoms with E-state index in [1.54, 1.807) is 6.07 Å². The highest BCUT2D eigenvalue weighted by atomic mass is 19.1. The second kappa shape index (κ2) is 9.94. The SMILES string of the molecule is O=C(Nc1c(F)cccc1N1CCCC1)C1CCN(C(=O)CCc2ccccc2)CC1. The van der Waals surface area contributed by atoms with E-state index in [4.69, 9.17) is 0 Å². The number of hydrogen-bond acceptors (Lipinski definition) is 3. The summed E-state index contributed by atoms with van der Waals surface area (Å²) >= 11 is 0. The maximum absolute atomic E-state index is 14.5. The summed E-state index contributed by atoms with van der Waals surface area (Å²) in [6.45, 7) is 2.91. The van der Waals surface area contributed by atoms with Crippen LogP contribution in [0.15, 0.2) is 48.5 Å². The fourth-order valence-electron chi connectivity index (χ4n) is 4.53. The van der Waals surface area contributed by atoms with E-state index < -0.39 is 5.82 Å². The summed E-state index contributed by atoms with van der Waals surface area (Å²) in [6.07, 6.45) is 4.59. The van der Waals surface area contributed by atoms with Gasteiger partial charge in [-0.1, -0.05) is 36.4 Å². The third-order valence-corrected chi connectivity index (χ3v) is 6.38. The Bertz CT molecular complexity index is 904. The highest BCUT2D eigenvalue weighted by Crippen LogP contribution is 2.32. The zero-order chi connectivity index (χ0) is 21.6. The van der Waals surface area contributed by atoms with Crippen LogP contribution in [-0.4, -0.2) is 42.9 Å². The summed E-state index contributed by atoms with van der Waals surface area (Å²) < 4.78 is 14.5. The molecule has 0 aliphatic carbocycles. The van der Waals surface area contributed by atoms with Gasteiger partial charge in [0.05, 0.1) is 5.69 Å². The van der Waals surface area contributed by atoms with Crippen LogP contribution in [0.25, 0.3) is 0 Å². The van der Waals surface area contributed by atoms with Crippen LogP contribution in [0.4, 0.5) is 15.8 Å². The Kier molecular flexibility index (Phi) is 6.85. The fraction of sp³-hybridized carbons (Fsp3) is 0.440. The molecule has 2 heterocycles. The highest BCUT2D eigenvalue weighted by molar-refractivity contribution is 5.96. The number of nitrogens with one attached hydrogen (secondary N) is 1. The van der Waals surface area contributed by atoms with E-state index >= 15 is 0 Å². The standard InChI is InChI=1S/C25H30FN3O2/c26-21-9-6-10-22(28-15-4-5-16-28)24(21)27-25(31)20-13-17-29(18-14-20)23(30)12-11-19-7-2-1-3-8-19/h1-3,6-10,20H,4-5,11-18H2,(H,27,31). The monoisotopic (exact) mass is 423 g/mol. The lowest BCUT2D eigenvalue weighted by Gasteiger charge is -2.32. The van der Waals surface area contributed by atoms with Crippen LogP contribution in [0.3, 0.4) is 0 Å². The Labute approximate surface area is 183 Å². The average Bonchev–Trinajstić information content (AvgIpc) is 3.34. The molecule has 2 aromatic carbocycles. The second-order valence-electron chi connectivity index (χ2n) is 8.46. The van der Waals surface area contributed by atoms with Crippen molar-refractivity contribution in [1.82, 2.24) is 4.90 Å². The van der Waals surface area contributed by atoms with E-state index in [0.717, 1.165) is 43.6 Å². The Morgan fingerprint density at radius 3 is 2.35 bits per heavy atom. The molecule has 2 amide bonds. The van der Waals surface area contributed by atoms with E-state index in [2.05, 4.69) is 10.2 Å². The Morgan fingerprint density at radius 2 is 1.65 bits per heavy atom. The molecule has 2 saturated heterocycles. The van der Waals surface area contributed by atoms with E-state index in [1.165, 1.54) is 6.07 Å². The van der Waals surface area contributed by atoms with Gasteiger partial charge in [-0.3, -0.25) is 9.59 Å². The number of carbonyl (C=O) groups is 2. The van der Waals surface area contributed by atoms with E-state index in [-0.39, 0.29) is 23.4 Å². The molecule has 1 N–H and O–H groups in total. The average molecular weight is 424 g/mol. The van der Waals surface area contributed by atoms with Gasteiger partial charge in [0.25, 0.3) is 0 Å². The molecule has 0 saturated carbocycles. The number of nitrogens with zero attached hydrogens (tertiary/aromatic N) is 2. The predicted octanol–water partition coefficient (Wildman–Crippen LogP) is 4.24. The normalized spacial score (nSPS) is 17.1. The lowest BCUT2D eigenvalue weighted by Crippen LogP contribution is -2.41. The summed E-state index contributed by atoms with van der Waals surface area (Å²) in [6, 6.07) is 14.9. The third kappa shape index (κ3) is 5.24. The molecule has 0 spiro atoms. The van der Waals surface area contributed by atoms with Crippen LogP contribution in [0.5, 0.6) is 0 Å². The van der Waals surface area contributed by atoms with Crippen LogP contribution >= 0.6 is 0 Å². The van der Waals surface area contributed by atoms with Crippen molar-refractivity contribution in [3.8, 4) is 0 Å². The minimum atomic E-state index is -0.397. The third-order valence-electron chi connectivity index (χ3n) is 6.38. The van der Waals surface area contributed by atoms with Crippen molar-refractivity contribution < 1.29 is 14.0 Å². The number of para-hydroxylation sites is 1. The smallest absolute Gasteiger partial charge is 0.227 e. The number of rotatable bonds is 6. The van der Waals surface area contributed by atoms with E-state index in [0.29, 0.717) is 32.4 Å². The van der Waals surface area contributed by atoms with E-state index in [9.17, 15) is 14.0 Å². The number of piperidine rings is 1. The summed E-state index contributed by atoms with van der Waals surface area (Å²) in [5.41, 5.74) is 2.21. The van der Waals surface area contributed by atoms with Gasteiger partial charge in [0, 0.05) is 38.5 Å². The quantitative estimate of drug-likeness (QED) is 0.756. The number of hydrogen-bond donors (Lipinski definition) is 1. The number of halogens is 1. The zero-order valence-electron chi connectivity index (χ0n) is 17.9. The first-order valence-electron chi connectivity index (χ1n) is 11.3. The van der Waals surface area contributed by atoms with Crippen molar-refractivity contribution in [3.05, 3.63) is 59.9 Å². The first-order valence-corrected chi connectivity index (χ1v) is 11.3. The molecule has 2 aliphatic heterocycles. The number of aryl methyl sites for hydroxylation is 1. The number of likely N-dealkylation sites (tertiary alicyclic amines) is 1. The van der Waals surface area contributed by atoms with Gasteiger partial charge >= 0.3 is 0 Å². The molecular formula is C25H30FN3O2. The molecule has 0 radical (unpaired) electrons. The van der Waals surface area contributed by atoms with Gasteiger partial charge < -0.3 is 15.1 Å². The summed E-state index contributed by atoms with van der Waals surface area (Å²) in [7, 11) is 0. The van der Waals surface area contributed by atoms with Gasteiger partial charge in [0.2, 0.25) is 11.8 Å². The minimum Gasteiger partial charge on any atom is -0.370 e. The molecule has 6 heteroatoms. The Hall–Kier alpha value is -2.89. The topological polar surface area (TPSA) is 52.7 Å². The zero-order valence-corrected chi connectivity index (χ0v) is 17.9. The van der Waals surface area contributed by atoms with Gasteiger partial charge in [0.1, 0.15) is 11.5 Å². The largest absolute Gasteiger partial charge is 0.370 e. The van der Waals surface area contributed by atoms with Gasteiger partial charge in [-0.2, -0.15) is 0 Å². The van der Waals surface area contributed by atoms with E-state index in [1.807, 2.05) is 41.3 Å². The molecule has 0 bridgehead atoms. The summed E-state index contributed by atoms with van der Waals surface area (Å²) in [4.78, 5) is 29.4. The molecule has 5 nitrogen and oxygen atoms in total. The number of benzene rings is 2. The van der Waals surface area contributed by atoms with Crippen molar-refractivity contribution >= 4 is 23.2 Å². The lowest BCUT2D eigenvalue weighted by molar-refractivity contribution is -0.134. The van der Waals surface area contributed by atoms with Gasteiger partial charge in [0.15, 0.2) is 0 Å². The molecule has 4 rings (SSSR count). The molecule has 0 atom stereocenters. The molecular weight excluding hydrogens is 393 g/mol. The Balaban J connectivity index is 1.30. The predicted molar refractivity (Wildman–Crippen MR) is 121 cm³/mol. The highest BCUT2D eigenvalue weighted by Gasteiger charge is 2.29. The molecule has 2 aliphatic rings. The van der Waals surface area contributed by atoms with Crippen LogP contribution in [-0.2, 0) is 16.0 Å². The fourth-order valence-corrected chi connectivity index (χ4v) is 4.53. The van der Waals surface area contributed by atoms with Crippen LogP contribution in [0.1, 0.15) is 37.7 Å². The molecule has 31 heavy (non-hydrogen) atoms. The number of amides is 2. The van der Waals surface area contributed by atoms with Crippen LogP contribution < -0.4 is 10.2 Å². The van der Waals surface area contributed by atoms with Crippen LogP contribution in [0.2, 0.25) is 0 Å². The Morgan fingerprint density at radius 1 is 0.935 bits per heavy atom. The van der Waals surface area contributed by atoms with Crippen LogP contribution in [0, 0.1) is 11.7 Å². The van der Waals surface area contributed by atoms with Crippen molar-refractivity contribution in [2.24, 2.45) is 5.92 Å². The second-order valence-corrected chi connectivity index (χ2v) is 8.46. The van der Waals surface area contributed by atoms with Crippen molar-refractivity contribution in [3.63, 3.8) is 0 Å². The maximum Gasteiger partial charge on any atom is 0.227 e. The van der Waals surface area contributed by atoms with Gasteiger partial charge in [-0.25, -0.2) is 4.39 Å². The minimum absolute atomic E-state index is 0.133. The maximum atomic E-state index is 14.5. The van der Waals surface area contributed by atoms with Gasteiger partial charge in [-0.15, -0.1) is 0 Å². The molecule has 0 aromatic heterocycles. The molecule has 2 fully saturated rings. The van der Waals surface area contributed by atoms with Gasteiger partial charge in [-0.05, 0) is 49.8 Å². The van der Waals surface area contributed by atoms with Crippen molar-refractivity contribution in [1.29, 1.82) is 0 Å². The molecule has 0 unspecified atom stereocenters. The lowest BCUT2D eigenvalue weighted by atomic mass is 9.95. The summed E-state index contributed by atoms with van der Waals surface area (Å²) in [5, 5.41) is 2.86. The van der Waals surface area contributed by atoms with Crippen molar-refractivity contribution in [2.75, 3.05) is 36.4 Å². The molecule has 164 valence electrons. The first-order chi connectivity index (χ1) is 15.1. The number of carbonyl (C=O) groups excluding carboxylic acids is 2. The first kappa shape index (κ1) is 21.3. The van der Waals surface area contributed by atoms with Crippen molar-refractivity contribution in [2.45, 2.75) is 38.5 Å². The molecule has 2 aromatic rings. The number of anilines is 2.